The minimum Gasteiger partial charge on any atom is -0.350 e. The fraction of sp³-hybridized carbons (Fsp3) is 0.850. The normalized spacial score (nSPS) is 26.7. The van der Waals surface area contributed by atoms with E-state index in [0.29, 0.717) is 18.8 Å². The molecule has 0 radical (unpaired) electrons. The van der Waals surface area contributed by atoms with Crippen LogP contribution in [0.3, 0.4) is 0 Å². The molecule has 1 saturated carbocycles. The van der Waals surface area contributed by atoms with Gasteiger partial charge in [-0.1, -0.05) is 20.8 Å². The third-order valence-electron chi connectivity index (χ3n) is 5.62. The number of imide groups is 1. The molecule has 2 fully saturated rings. The summed E-state index contributed by atoms with van der Waals surface area (Å²) in [5.41, 5.74) is -0.852. The lowest BCUT2D eigenvalue weighted by molar-refractivity contribution is -0.135. The zero-order valence-electron chi connectivity index (χ0n) is 17.9. The SMILES string of the molecule is CN(CC(=O)NC(C)(C)C)CN1C(=O)NC2(CCC(C(C)(C)C)CC2)C1=O. The zero-order valence-corrected chi connectivity index (χ0v) is 17.9. The molecule has 7 nitrogen and oxygen atoms in total. The van der Waals surface area contributed by atoms with E-state index in [4.69, 9.17) is 0 Å². The Morgan fingerprint density at radius 2 is 1.74 bits per heavy atom. The van der Waals surface area contributed by atoms with Crippen LogP contribution in [0.15, 0.2) is 0 Å². The molecule has 0 aromatic heterocycles. The largest absolute Gasteiger partial charge is 0.350 e. The van der Waals surface area contributed by atoms with Crippen LogP contribution in [0.5, 0.6) is 0 Å². The molecular weight excluding hydrogens is 344 g/mol. The summed E-state index contributed by atoms with van der Waals surface area (Å²) >= 11 is 0. The van der Waals surface area contributed by atoms with Gasteiger partial charge in [0.05, 0.1) is 13.2 Å². The van der Waals surface area contributed by atoms with Gasteiger partial charge in [-0.3, -0.25) is 14.5 Å². The highest BCUT2D eigenvalue weighted by Gasteiger charge is 2.53. The van der Waals surface area contributed by atoms with Gasteiger partial charge in [-0.15, -0.1) is 0 Å². The number of nitrogens with one attached hydrogen (secondary N) is 2. The minimum atomic E-state index is -0.757. The molecule has 27 heavy (non-hydrogen) atoms. The highest BCUT2D eigenvalue weighted by Crippen LogP contribution is 2.43. The second-order valence-corrected chi connectivity index (χ2v) is 10.3. The Bertz CT molecular complexity index is 595. The minimum absolute atomic E-state index is 0.118. The molecule has 0 aromatic carbocycles. The van der Waals surface area contributed by atoms with E-state index in [0.717, 1.165) is 12.8 Å². The van der Waals surface area contributed by atoms with E-state index < -0.39 is 5.54 Å². The molecule has 1 saturated heterocycles. The summed E-state index contributed by atoms with van der Waals surface area (Å²) in [7, 11) is 1.74. The van der Waals surface area contributed by atoms with E-state index in [9.17, 15) is 14.4 Å². The van der Waals surface area contributed by atoms with Crippen molar-refractivity contribution in [2.45, 2.75) is 78.3 Å². The van der Waals surface area contributed by atoms with E-state index >= 15 is 0 Å². The number of nitrogens with zero attached hydrogens (tertiary/aromatic N) is 2. The topological polar surface area (TPSA) is 81.8 Å². The molecule has 4 amide bonds. The molecule has 0 unspecified atom stereocenters. The van der Waals surface area contributed by atoms with Gasteiger partial charge in [-0.05, 0) is 64.8 Å². The number of carbonyl (C=O) groups excluding carboxylic acids is 3. The van der Waals surface area contributed by atoms with Crippen molar-refractivity contribution >= 4 is 17.8 Å². The zero-order chi connectivity index (χ0) is 20.6. The monoisotopic (exact) mass is 380 g/mol. The molecule has 0 bridgehead atoms. The molecule has 2 aliphatic rings. The first kappa shape index (κ1) is 21.7. The molecule has 2 rings (SSSR count). The fourth-order valence-electron chi connectivity index (χ4n) is 4.11. The standard InChI is InChI=1S/C20H36N4O3/c1-18(2,3)14-8-10-20(11-9-14)16(26)24(17(27)22-20)13-23(7)12-15(25)21-19(4,5)6/h14H,8-13H2,1-7H3,(H,21,25)(H,22,27). The van der Waals surface area contributed by atoms with Gasteiger partial charge in [0.15, 0.2) is 0 Å². The van der Waals surface area contributed by atoms with Gasteiger partial charge < -0.3 is 10.6 Å². The number of carbonyl (C=O) groups is 3. The molecule has 1 aliphatic heterocycles. The molecule has 1 aliphatic carbocycles. The lowest BCUT2D eigenvalue weighted by Gasteiger charge is -2.40. The van der Waals surface area contributed by atoms with Crippen LogP contribution >= 0.6 is 0 Å². The van der Waals surface area contributed by atoms with Gasteiger partial charge in [-0.25, -0.2) is 9.69 Å². The summed E-state index contributed by atoms with van der Waals surface area (Å²) in [6, 6.07) is -0.350. The summed E-state index contributed by atoms with van der Waals surface area (Å²) < 4.78 is 0. The quantitative estimate of drug-likeness (QED) is 0.734. The van der Waals surface area contributed by atoms with Crippen molar-refractivity contribution in [3.05, 3.63) is 0 Å². The van der Waals surface area contributed by atoms with Gasteiger partial charge in [0.25, 0.3) is 5.91 Å². The van der Waals surface area contributed by atoms with E-state index in [2.05, 4.69) is 31.4 Å². The van der Waals surface area contributed by atoms with Crippen LogP contribution in [-0.2, 0) is 9.59 Å². The average molecular weight is 381 g/mol. The van der Waals surface area contributed by atoms with Crippen molar-refractivity contribution in [1.29, 1.82) is 0 Å². The molecule has 1 heterocycles. The van der Waals surface area contributed by atoms with Crippen molar-refractivity contribution in [2.75, 3.05) is 20.3 Å². The van der Waals surface area contributed by atoms with Gasteiger partial charge in [-0.2, -0.15) is 0 Å². The number of amides is 4. The summed E-state index contributed by atoms with van der Waals surface area (Å²) in [4.78, 5) is 40.5. The Balaban J connectivity index is 1.95. The molecular formula is C20H36N4O3. The highest BCUT2D eigenvalue weighted by atomic mass is 16.2. The Morgan fingerprint density at radius 3 is 2.22 bits per heavy atom. The highest BCUT2D eigenvalue weighted by molar-refractivity contribution is 6.07. The van der Waals surface area contributed by atoms with Gasteiger partial charge in [0.2, 0.25) is 5.91 Å². The molecule has 0 aromatic rings. The second kappa shape index (κ2) is 7.41. The Labute approximate surface area is 163 Å². The van der Waals surface area contributed by atoms with Crippen molar-refractivity contribution in [1.82, 2.24) is 20.4 Å². The number of urea groups is 1. The number of hydrogen-bond acceptors (Lipinski definition) is 4. The fourth-order valence-corrected chi connectivity index (χ4v) is 4.11. The maximum absolute atomic E-state index is 13.0. The van der Waals surface area contributed by atoms with Crippen LogP contribution in [0, 0.1) is 11.3 Å². The molecule has 154 valence electrons. The van der Waals surface area contributed by atoms with E-state index in [-0.39, 0.29) is 42.0 Å². The smallest absolute Gasteiger partial charge is 0.326 e. The van der Waals surface area contributed by atoms with Crippen LogP contribution in [0.2, 0.25) is 0 Å². The summed E-state index contributed by atoms with van der Waals surface area (Å²) in [5, 5.41) is 5.84. The van der Waals surface area contributed by atoms with Crippen molar-refractivity contribution in [2.24, 2.45) is 11.3 Å². The van der Waals surface area contributed by atoms with Crippen molar-refractivity contribution in [3.63, 3.8) is 0 Å². The first-order valence-corrected chi connectivity index (χ1v) is 9.87. The molecule has 2 N–H and O–H groups in total. The Morgan fingerprint density at radius 1 is 1.19 bits per heavy atom. The number of rotatable bonds is 4. The third-order valence-corrected chi connectivity index (χ3v) is 5.62. The predicted molar refractivity (Wildman–Crippen MR) is 105 cm³/mol. The van der Waals surface area contributed by atoms with Gasteiger partial charge in [0.1, 0.15) is 5.54 Å². The van der Waals surface area contributed by atoms with Gasteiger partial charge >= 0.3 is 6.03 Å². The van der Waals surface area contributed by atoms with Crippen molar-refractivity contribution < 1.29 is 14.4 Å². The van der Waals surface area contributed by atoms with Crippen LogP contribution in [0.1, 0.15) is 67.2 Å². The van der Waals surface area contributed by atoms with E-state index in [1.165, 1.54) is 4.90 Å². The Hall–Kier alpha value is -1.63. The Kier molecular flexibility index (Phi) is 5.95. The first-order chi connectivity index (χ1) is 12.2. The molecule has 0 atom stereocenters. The van der Waals surface area contributed by atoms with E-state index in [1.807, 2.05) is 20.8 Å². The summed E-state index contributed by atoms with van der Waals surface area (Å²) in [6.45, 7) is 12.7. The maximum Gasteiger partial charge on any atom is 0.326 e. The van der Waals surface area contributed by atoms with Crippen molar-refractivity contribution in [3.8, 4) is 0 Å². The average Bonchev–Trinajstić information content (AvgIpc) is 2.69. The first-order valence-electron chi connectivity index (χ1n) is 9.87. The lowest BCUT2D eigenvalue weighted by atomic mass is 9.67. The number of hydrogen-bond donors (Lipinski definition) is 2. The van der Waals surface area contributed by atoms with Gasteiger partial charge in [0, 0.05) is 5.54 Å². The molecule has 1 spiro atoms. The lowest BCUT2D eigenvalue weighted by Crippen LogP contribution is -2.51. The summed E-state index contributed by atoms with van der Waals surface area (Å²) in [5.74, 6) is 0.283. The van der Waals surface area contributed by atoms with Crippen LogP contribution in [0.4, 0.5) is 4.79 Å². The van der Waals surface area contributed by atoms with Crippen LogP contribution < -0.4 is 10.6 Å². The number of likely N-dealkylation sites (N-methyl/N-ethyl adjacent to an activating group) is 1. The summed E-state index contributed by atoms with van der Waals surface area (Å²) in [6.07, 6.45) is 3.24. The van der Waals surface area contributed by atoms with Crippen LogP contribution in [-0.4, -0.2) is 59.0 Å². The predicted octanol–water partition coefficient (Wildman–Crippen LogP) is 2.32. The van der Waals surface area contributed by atoms with E-state index in [1.54, 1.807) is 11.9 Å². The third kappa shape index (κ3) is 5.21. The second-order valence-electron chi connectivity index (χ2n) is 10.3. The van der Waals surface area contributed by atoms with Crippen LogP contribution in [0.25, 0.3) is 0 Å². The maximum atomic E-state index is 13.0. The molecule has 7 heteroatoms.